The van der Waals surface area contributed by atoms with Crippen molar-refractivity contribution in [3.05, 3.63) is 36.5 Å². The van der Waals surface area contributed by atoms with Gasteiger partial charge < -0.3 is 29.7 Å². The topological polar surface area (TPSA) is 120 Å². The molecule has 0 atom stereocenters. The zero-order chi connectivity index (χ0) is 15.5. The van der Waals surface area contributed by atoms with Crippen LogP contribution >= 0.6 is 0 Å². The van der Waals surface area contributed by atoms with Crippen LogP contribution in [-0.4, -0.2) is 36.8 Å². The van der Waals surface area contributed by atoms with E-state index in [1.54, 1.807) is 0 Å². The Labute approximate surface area is 140 Å². The van der Waals surface area contributed by atoms with E-state index >= 15 is 0 Å². The van der Waals surface area contributed by atoms with Crippen LogP contribution in [0.5, 0.6) is 0 Å². The van der Waals surface area contributed by atoms with Gasteiger partial charge in [0.15, 0.2) is 0 Å². The summed E-state index contributed by atoms with van der Waals surface area (Å²) in [5, 5.41) is 28.5. The minimum atomic E-state index is -1.19. The van der Waals surface area contributed by atoms with E-state index in [-0.39, 0.29) is 52.6 Å². The van der Waals surface area contributed by atoms with Crippen LogP contribution in [0.25, 0.3) is 0 Å². The summed E-state index contributed by atoms with van der Waals surface area (Å²) < 4.78 is 0. The molecule has 0 aliphatic carbocycles. The standard InChI is InChI=1S/3C4H6O2.Fe.Li.H/c3*1-3(2)4(5)6;;;/h3*1H2,2H3,(H,5,6);;;/q;;;+3;;/p-3. The van der Waals surface area contributed by atoms with Crippen LogP contribution in [0, 0.1) is 0 Å². The van der Waals surface area contributed by atoms with Gasteiger partial charge in [-0.15, -0.1) is 0 Å². The molecule has 0 heterocycles. The van der Waals surface area contributed by atoms with Gasteiger partial charge in [-0.1, -0.05) is 19.7 Å². The maximum atomic E-state index is 9.49. The van der Waals surface area contributed by atoms with Crippen LogP contribution in [0.2, 0.25) is 0 Å². The fraction of sp³-hybridized carbons (Fsp3) is 0.250. The van der Waals surface area contributed by atoms with E-state index in [4.69, 9.17) is 0 Å². The van der Waals surface area contributed by atoms with Gasteiger partial charge in [-0.25, -0.2) is 0 Å². The Morgan fingerprint density at radius 2 is 0.700 bits per heavy atom. The fourth-order valence-corrected chi connectivity index (χ4v) is 0. The Balaban J connectivity index is -0.0000000536. The molecule has 0 fully saturated rings. The monoisotopic (exact) mass is 319 g/mol. The Morgan fingerprint density at radius 3 is 0.700 bits per heavy atom. The Kier molecular flexibility index (Phi) is 27.7. The SMILES string of the molecule is C=C(C)C(=O)[O-].C=C(C)C(=O)[O-].C=C(C)C(=O)[O-].[Fe+3].[LiH]. The molecule has 0 bridgehead atoms. The van der Waals surface area contributed by atoms with E-state index in [1.165, 1.54) is 20.8 Å². The molecule has 20 heavy (non-hydrogen) atoms. The van der Waals surface area contributed by atoms with Gasteiger partial charge in [0.25, 0.3) is 0 Å². The van der Waals surface area contributed by atoms with E-state index in [0.29, 0.717) is 0 Å². The van der Waals surface area contributed by atoms with Gasteiger partial charge in [0, 0.05) is 0 Å². The first-order chi connectivity index (χ1) is 7.93. The number of hydrogen-bond acceptors (Lipinski definition) is 6. The fourth-order valence-electron chi connectivity index (χ4n) is 0. The first-order valence-electron chi connectivity index (χ1n) is 4.54. The summed E-state index contributed by atoms with van der Waals surface area (Å²) in [6.07, 6.45) is 0. The van der Waals surface area contributed by atoms with E-state index < -0.39 is 17.9 Å². The van der Waals surface area contributed by atoms with Gasteiger partial charge in [-0.05, 0) is 37.5 Å². The van der Waals surface area contributed by atoms with E-state index in [1.807, 2.05) is 0 Å². The molecule has 0 saturated heterocycles. The second kappa shape index (κ2) is 17.7. The molecule has 0 aromatic heterocycles. The van der Waals surface area contributed by atoms with Crippen LogP contribution in [0.15, 0.2) is 36.5 Å². The van der Waals surface area contributed by atoms with Gasteiger partial charge >= 0.3 is 35.9 Å². The zero-order valence-electron chi connectivity index (χ0n) is 10.9. The molecule has 0 N–H and O–H groups in total. The number of rotatable bonds is 3. The summed E-state index contributed by atoms with van der Waals surface area (Å²) in [5.74, 6) is -3.56. The van der Waals surface area contributed by atoms with Gasteiger partial charge in [-0.3, -0.25) is 0 Å². The van der Waals surface area contributed by atoms with Crippen molar-refractivity contribution in [2.45, 2.75) is 20.8 Å². The van der Waals surface area contributed by atoms with Crippen LogP contribution in [-0.2, 0) is 31.5 Å². The molecular weight excluding hydrogens is 303 g/mol. The zero-order valence-corrected chi connectivity index (χ0v) is 12.0. The Morgan fingerprint density at radius 1 is 0.650 bits per heavy atom. The van der Waals surface area contributed by atoms with Crippen molar-refractivity contribution in [2.75, 3.05) is 0 Å². The molecule has 0 rings (SSSR count). The summed E-state index contributed by atoms with van der Waals surface area (Å²) in [5.41, 5.74) is 0.194. The van der Waals surface area contributed by atoms with Crippen molar-refractivity contribution < 1.29 is 46.8 Å². The van der Waals surface area contributed by atoms with Crippen LogP contribution in [0.1, 0.15) is 20.8 Å². The van der Waals surface area contributed by atoms with Crippen LogP contribution in [0.3, 0.4) is 0 Å². The summed E-state index contributed by atoms with van der Waals surface area (Å²) in [6.45, 7) is 13.4. The molecule has 0 spiro atoms. The second-order valence-electron chi connectivity index (χ2n) is 3.20. The summed E-state index contributed by atoms with van der Waals surface area (Å²) >= 11 is 0. The molecular formula is C12H16FeLiO6. The molecule has 0 aromatic rings. The third-order valence-electron chi connectivity index (χ3n) is 1.05. The summed E-state index contributed by atoms with van der Waals surface area (Å²) in [6, 6.07) is 0. The maximum absolute atomic E-state index is 9.49. The molecule has 0 amide bonds. The number of carbonyl (C=O) groups is 3. The average molecular weight is 319 g/mol. The first kappa shape index (κ1) is 31.2. The molecule has 6 nitrogen and oxygen atoms in total. The van der Waals surface area contributed by atoms with E-state index in [2.05, 4.69) is 19.7 Å². The van der Waals surface area contributed by atoms with Gasteiger partial charge in [-0.2, -0.15) is 0 Å². The molecule has 0 aliphatic heterocycles. The third-order valence-corrected chi connectivity index (χ3v) is 1.05. The van der Waals surface area contributed by atoms with Crippen molar-refractivity contribution in [3.8, 4) is 0 Å². The first-order valence-corrected chi connectivity index (χ1v) is 4.54. The number of carbonyl (C=O) groups excluding carboxylic acids is 3. The molecule has 0 aromatic carbocycles. The normalized spacial score (nSPS) is 6.75. The molecule has 0 unspecified atom stereocenters. The van der Waals surface area contributed by atoms with Crippen molar-refractivity contribution in [3.63, 3.8) is 0 Å². The van der Waals surface area contributed by atoms with Crippen molar-refractivity contribution in [1.82, 2.24) is 0 Å². The molecule has 1 radical (unpaired) electrons. The predicted octanol–water partition coefficient (Wildman–Crippen LogP) is -2.71. The summed E-state index contributed by atoms with van der Waals surface area (Å²) in [4.78, 5) is 28.5. The van der Waals surface area contributed by atoms with E-state index in [9.17, 15) is 29.7 Å². The predicted molar refractivity (Wildman–Crippen MR) is 66.6 cm³/mol. The quantitative estimate of drug-likeness (QED) is 0.412. The average Bonchev–Trinajstić information content (AvgIpc) is 2.18. The van der Waals surface area contributed by atoms with Gasteiger partial charge in [0.05, 0.1) is 17.9 Å². The van der Waals surface area contributed by atoms with Crippen molar-refractivity contribution in [2.24, 2.45) is 0 Å². The summed E-state index contributed by atoms with van der Waals surface area (Å²) in [7, 11) is 0. The van der Waals surface area contributed by atoms with Gasteiger partial charge in [0.2, 0.25) is 0 Å². The second-order valence-corrected chi connectivity index (χ2v) is 3.20. The van der Waals surface area contributed by atoms with Crippen LogP contribution in [0.4, 0.5) is 0 Å². The molecule has 0 saturated carbocycles. The number of aliphatic carboxylic acids is 3. The number of carboxylic acid groups (broad SMARTS) is 3. The number of carboxylic acids is 3. The Hall–Kier alpha value is -1.25. The third kappa shape index (κ3) is 36.0. The van der Waals surface area contributed by atoms with Crippen molar-refractivity contribution >= 4 is 36.8 Å². The number of hydrogen-bond donors (Lipinski definition) is 0. The van der Waals surface area contributed by atoms with Gasteiger partial charge in [0.1, 0.15) is 0 Å². The minimum absolute atomic E-state index is 0. The van der Waals surface area contributed by atoms with Crippen LogP contribution < -0.4 is 15.3 Å². The molecule has 0 aliphatic rings. The molecule has 109 valence electrons. The Bertz CT molecular complexity index is 283. The van der Waals surface area contributed by atoms with E-state index in [0.717, 1.165) is 0 Å². The molecule has 8 heteroatoms. The van der Waals surface area contributed by atoms with Crippen molar-refractivity contribution in [1.29, 1.82) is 0 Å².